The number of hydrogen-bond acceptors (Lipinski definition) is 22. The van der Waals surface area contributed by atoms with E-state index in [1.165, 1.54) is 6.07 Å². The lowest BCUT2D eigenvalue weighted by molar-refractivity contribution is -0.434. The molecule has 4 aromatic rings. The monoisotopic (exact) mass is 807 g/mol. The second-order valence-electron chi connectivity index (χ2n) is 9.66. The molecule has 0 aliphatic carbocycles. The highest BCUT2D eigenvalue weighted by Gasteiger charge is 2.20. The number of nitrogens with two attached hydrogens (primary N) is 1. The SMILES string of the molecule is Nc1cc(NCSOOO)c(N=Nc2cc(Nc3nc(F)nc(Nc4ccc(CCCOSOOO)cc4)n3)ccc2S(=O)(=O)O)cc1S(=O)(=O)O. The van der Waals surface area contributed by atoms with Crippen molar-refractivity contribution >= 4 is 90.6 Å². The number of anilines is 6. The summed E-state index contributed by atoms with van der Waals surface area (Å²) in [5.74, 6) is -0.651. The summed E-state index contributed by atoms with van der Waals surface area (Å²) in [4.78, 5) is 9.86. The van der Waals surface area contributed by atoms with E-state index in [0.29, 0.717) is 49.5 Å². The van der Waals surface area contributed by atoms with Crippen LogP contribution >= 0.6 is 24.4 Å². The van der Waals surface area contributed by atoms with Crippen molar-refractivity contribution < 1.29 is 63.8 Å². The predicted octanol–water partition coefficient (Wildman–Crippen LogP) is 5.36. The van der Waals surface area contributed by atoms with Gasteiger partial charge in [0.1, 0.15) is 21.2 Å². The number of nitrogens with one attached hydrogen (secondary N) is 3. The Bertz CT molecular complexity index is 2080. The van der Waals surface area contributed by atoms with Crippen molar-refractivity contribution in [2.75, 3.05) is 34.2 Å². The number of aromatic nitrogens is 3. The Morgan fingerprint density at radius 1 is 0.808 bits per heavy atom. The minimum absolute atomic E-state index is 0.00578. The Kier molecular flexibility index (Phi) is 14.7. The van der Waals surface area contributed by atoms with Crippen molar-refractivity contribution in [3.8, 4) is 0 Å². The summed E-state index contributed by atoms with van der Waals surface area (Å²) >= 11 is 1.04. The summed E-state index contributed by atoms with van der Waals surface area (Å²) in [6.07, 6.45) is 0.0987. The third-order valence-electron chi connectivity index (χ3n) is 6.18. The van der Waals surface area contributed by atoms with E-state index >= 15 is 0 Å². The van der Waals surface area contributed by atoms with Gasteiger partial charge in [-0.15, -0.1) is 18.9 Å². The number of aryl methyl sites for hydroxylation is 1. The lowest BCUT2D eigenvalue weighted by atomic mass is 10.1. The first-order valence-corrected chi connectivity index (χ1v) is 18.3. The molecule has 52 heavy (non-hydrogen) atoms. The zero-order valence-electron chi connectivity index (χ0n) is 25.8. The molecule has 0 atom stereocenters. The molecule has 0 spiro atoms. The van der Waals surface area contributed by atoms with E-state index in [9.17, 15) is 30.3 Å². The molecule has 0 aliphatic rings. The Morgan fingerprint density at radius 3 is 2.10 bits per heavy atom. The molecule has 280 valence electrons. The second kappa shape index (κ2) is 18.9. The van der Waals surface area contributed by atoms with Crippen LogP contribution in [0.2, 0.25) is 0 Å². The van der Waals surface area contributed by atoms with Gasteiger partial charge in [-0.1, -0.05) is 22.2 Å². The number of halogens is 1. The van der Waals surface area contributed by atoms with E-state index in [2.05, 4.69) is 59.9 Å². The molecule has 0 radical (unpaired) electrons. The molecule has 0 saturated carbocycles. The van der Waals surface area contributed by atoms with Crippen LogP contribution in [0, 0.1) is 6.08 Å². The summed E-state index contributed by atoms with van der Waals surface area (Å²) in [7, 11) is -9.75. The molecule has 9 N–H and O–H groups in total. The highest BCUT2D eigenvalue weighted by atomic mass is 32.2. The van der Waals surface area contributed by atoms with Crippen LogP contribution in [-0.4, -0.2) is 63.9 Å². The molecule has 27 heteroatoms. The molecular formula is C25H26FN9O13S4. The van der Waals surface area contributed by atoms with E-state index in [1.807, 2.05) is 0 Å². The van der Waals surface area contributed by atoms with Crippen LogP contribution in [0.5, 0.6) is 0 Å². The molecule has 4 rings (SSSR count). The summed E-state index contributed by atoms with van der Waals surface area (Å²) in [5.41, 5.74) is 6.08. The topological polar surface area (TPSA) is 321 Å². The molecule has 0 amide bonds. The molecule has 1 aromatic heterocycles. The van der Waals surface area contributed by atoms with Gasteiger partial charge in [-0.25, -0.2) is 10.5 Å². The highest BCUT2D eigenvalue weighted by molar-refractivity contribution is 7.94. The van der Waals surface area contributed by atoms with Gasteiger partial charge in [0.2, 0.25) is 11.9 Å². The van der Waals surface area contributed by atoms with Gasteiger partial charge in [-0.05, 0) is 60.9 Å². The first kappa shape index (κ1) is 40.4. The van der Waals surface area contributed by atoms with Crippen molar-refractivity contribution in [3.05, 3.63) is 66.2 Å². The molecule has 0 fully saturated rings. The third-order valence-corrected chi connectivity index (χ3v) is 8.79. The Morgan fingerprint density at radius 2 is 1.44 bits per heavy atom. The van der Waals surface area contributed by atoms with Crippen molar-refractivity contribution in [2.24, 2.45) is 10.2 Å². The standard InChI is InChI=1S/C25H26FN9O13S4/c26-23-31-24(29-15-5-3-14(4-6-15)2-1-9-44-50-48-46-37)33-25(32-23)30-16-7-8-21(51(38,39)40)20(10-16)35-34-19-12-22(52(41,42)43)17(27)11-18(19)28-13-49-47-45-36/h3-8,10-12,28,36-37H,1-2,9,13,27H2,(H,38,39,40)(H,41,42,43)(H2,29,30,31,32,33). The largest absolute Gasteiger partial charge is 0.398 e. The zero-order chi connectivity index (χ0) is 37.7. The molecule has 1 heterocycles. The Hall–Kier alpha value is -4.36. The fourth-order valence-corrected chi connectivity index (χ4v) is 5.84. The van der Waals surface area contributed by atoms with E-state index in [4.69, 9.17) is 20.4 Å². The minimum Gasteiger partial charge on any atom is -0.398 e. The van der Waals surface area contributed by atoms with Gasteiger partial charge >= 0.3 is 6.08 Å². The summed E-state index contributed by atoms with van der Waals surface area (Å²) < 4.78 is 95.2. The Balaban J connectivity index is 1.56. The molecule has 0 saturated heterocycles. The molecule has 0 unspecified atom stereocenters. The van der Waals surface area contributed by atoms with Crippen molar-refractivity contribution in [1.29, 1.82) is 0 Å². The molecule has 22 nitrogen and oxygen atoms in total. The third kappa shape index (κ3) is 12.4. The first-order valence-electron chi connectivity index (χ1n) is 13.9. The normalized spacial score (nSPS) is 11.9. The zero-order valence-corrected chi connectivity index (χ0v) is 29.1. The summed E-state index contributed by atoms with van der Waals surface area (Å²) in [5, 5.41) is 39.2. The highest BCUT2D eigenvalue weighted by Crippen LogP contribution is 2.36. The number of rotatable bonds is 20. The van der Waals surface area contributed by atoms with E-state index in [0.717, 1.165) is 29.8 Å². The van der Waals surface area contributed by atoms with Crippen LogP contribution < -0.4 is 21.7 Å². The van der Waals surface area contributed by atoms with Crippen LogP contribution in [0.25, 0.3) is 0 Å². The van der Waals surface area contributed by atoms with Gasteiger partial charge in [0, 0.05) is 11.4 Å². The van der Waals surface area contributed by atoms with Crippen LogP contribution in [-0.2, 0) is 49.6 Å². The van der Waals surface area contributed by atoms with Gasteiger partial charge in [0.25, 0.3) is 20.2 Å². The van der Waals surface area contributed by atoms with Gasteiger partial charge in [0.05, 0.1) is 35.9 Å². The number of hydrogen-bond donors (Lipinski definition) is 8. The van der Waals surface area contributed by atoms with E-state index < -0.39 is 47.5 Å². The van der Waals surface area contributed by atoms with Crippen molar-refractivity contribution in [3.63, 3.8) is 0 Å². The predicted molar refractivity (Wildman–Crippen MR) is 181 cm³/mol. The fourth-order valence-electron chi connectivity index (χ4n) is 4.06. The lowest BCUT2D eigenvalue weighted by Gasteiger charge is -2.12. The van der Waals surface area contributed by atoms with Gasteiger partial charge < -0.3 is 21.7 Å². The smallest absolute Gasteiger partial charge is 0.315 e. The van der Waals surface area contributed by atoms with Crippen molar-refractivity contribution in [1.82, 2.24) is 15.0 Å². The van der Waals surface area contributed by atoms with Crippen LogP contribution in [0.4, 0.5) is 50.4 Å². The quantitative estimate of drug-likeness (QED) is 0.00814. The van der Waals surface area contributed by atoms with Crippen LogP contribution in [0.1, 0.15) is 12.0 Å². The minimum atomic E-state index is -4.90. The van der Waals surface area contributed by atoms with Gasteiger partial charge in [-0.2, -0.15) is 36.2 Å². The molecule has 0 bridgehead atoms. The second-order valence-corrected chi connectivity index (χ2v) is 13.6. The van der Waals surface area contributed by atoms with E-state index in [-0.39, 0.29) is 34.8 Å². The maximum Gasteiger partial charge on any atom is 0.315 e. The van der Waals surface area contributed by atoms with E-state index in [1.54, 1.807) is 24.3 Å². The van der Waals surface area contributed by atoms with Gasteiger partial charge in [-0.3, -0.25) is 13.3 Å². The molecular weight excluding hydrogens is 782 g/mol. The fraction of sp³-hybridized carbons (Fsp3) is 0.160. The van der Waals surface area contributed by atoms with Crippen LogP contribution in [0.15, 0.2) is 74.6 Å². The summed E-state index contributed by atoms with van der Waals surface area (Å²) in [6.45, 7) is 0.314. The average Bonchev–Trinajstić information content (AvgIpc) is 3.07. The summed E-state index contributed by atoms with van der Waals surface area (Å²) in [6, 6.07) is 12.1. The van der Waals surface area contributed by atoms with Crippen LogP contribution in [0.3, 0.4) is 0 Å². The maximum absolute atomic E-state index is 14.4. The number of benzene rings is 3. The van der Waals surface area contributed by atoms with Crippen molar-refractivity contribution in [2.45, 2.75) is 22.6 Å². The molecule has 3 aromatic carbocycles. The lowest BCUT2D eigenvalue weighted by Crippen LogP contribution is -2.06. The molecule has 0 aliphatic heterocycles. The number of nitrogen functional groups attached to an aromatic ring is 1. The Labute approximate surface area is 301 Å². The van der Waals surface area contributed by atoms with Gasteiger partial charge in [0.15, 0.2) is 12.3 Å². The maximum atomic E-state index is 14.4. The average molecular weight is 808 g/mol. The first-order chi connectivity index (χ1) is 24.8. The number of nitrogens with zero attached hydrogens (tertiary/aromatic N) is 5. The number of azo groups is 1.